The predicted octanol–water partition coefficient (Wildman–Crippen LogP) is 1.65. The highest BCUT2D eigenvalue weighted by molar-refractivity contribution is 5.79. The third-order valence-electron chi connectivity index (χ3n) is 5.23. The summed E-state index contributed by atoms with van der Waals surface area (Å²) in [6.45, 7) is 5.87. The molecule has 5 nitrogen and oxygen atoms in total. The molecule has 3 unspecified atom stereocenters. The van der Waals surface area contributed by atoms with Gasteiger partial charge in [0.25, 0.3) is 0 Å². The largest absolute Gasteiger partial charge is 0.392 e. The van der Waals surface area contributed by atoms with E-state index >= 15 is 0 Å². The monoisotopic (exact) mass is 332 g/mol. The molecule has 24 heavy (non-hydrogen) atoms. The van der Waals surface area contributed by atoms with E-state index < -0.39 is 6.10 Å². The topological polar surface area (TPSA) is 61.8 Å². The normalized spacial score (nSPS) is 26.2. The van der Waals surface area contributed by atoms with Gasteiger partial charge in [-0.25, -0.2) is 0 Å². The first-order chi connectivity index (χ1) is 11.6. The maximum Gasteiger partial charge on any atom is 0.225 e. The molecule has 2 fully saturated rings. The molecule has 0 bridgehead atoms. The van der Waals surface area contributed by atoms with Crippen LogP contribution in [0.4, 0.5) is 0 Å². The van der Waals surface area contributed by atoms with Gasteiger partial charge >= 0.3 is 0 Å². The fourth-order valence-corrected chi connectivity index (χ4v) is 3.71. The van der Waals surface area contributed by atoms with Gasteiger partial charge in [-0.3, -0.25) is 9.69 Å². The van der Waals surface area contributed by atoms with Crippen LogP contribution in [0.1, 0.15) is 36.4 Å². The fraction of sp³-hybridized carbons (Fsp3) is 0.632. The van der Waals surface area contributed by atoms with E-state index in [9.17, 15) is 9.90 Å². The van der Waals surface area contributed by atoms with Crippen molar-refractivity contribution >= 4 is 5.91 Å². The van der Waals surface area contributed by atoms with Crippen molar-refractivity contribution < 1.29 is 14.6 Å². The van der Waals surface area contributed by atoms with Crippen molar-refractivity contribution in [3.63, 3.8) is 0 Å². The fourth-order valence-electron chi connectivity index (χ4n) is 3.71. The van der Waals surface area contributed by atoms with Crippen molar-refractivity contribution in [2.24, 2.45) is 5.92 Å². The molecule has 3 atom stereocenters. The van der Waals surface area contributed by atoms with Gasteiger partial charge in [0.2, 0.25) is 5.91 Å². The first kappa shape index (κ1) is 17.4. The van der Waals surface area contributed by atoms with Crippen molar-refractivity contribution in [1.82, 2.24) is 10.2 Å². The van der Waals surface area contributed by atoms with Crippen molar-refractivity contribution in [1.29, 1.82) is 0 Å². The van der Waals surface area contributed by atoms with Crippen LogP contribution >= 0.6 is 0 Å². The summed E-state index contributed by atoms with van der Waals surface area (Å²) in [5, 5.41) is 13.0. The number of carbonyl (C=O) groups excluding carboxylic acids is 1. The number of carbonyl (C=O) groups is 1. The summed E-state index contributed by atoms with van der Waals surface area (Å²) < 4.78 is 5.46. The molecule has 5 heteroatoms. The Bertz CT molecular complexity index is 540. The van der Waals surface area contributed by atoms with Crippen molar-refractivity contribution in [2.75, 3.05) is 32.8 Å². The Kier molecular flexibility index (Phi) is 5.87. The molecule has 1 aromatic carbocycles. The molecule has 0 radical (unpaired) electrons. The summed E-state index contributed by atoms with van der Waals surface area (Å²) >= 11 is 0. The molecule has 1 heterocycles. The van der Waals surface area contributed by atoms with Crippen LogP contribution in [0.2, 0.25) is 0 Å². The van der Waals surface area contributed by atoms with Crippen LogP contribution in [0, 0.1) is 12.8 Å². The molecule has 1 aromatic rings. The third kappa shape index (κ3) is 4.15. The zero-order chi connectivity index (χ0) is 16.9. The number of nitrogens with one attached hydrogen (secondary N) is 1. The summed E-state index contributed by atoms with van der Waals surface area (Å²) in [5.74, 6) is -0.251. The Morgan fingerprint density at radius 2 is 2.00 bits per heavy atom. The number of nitrogens with zero attached hydrogens (tertiary/aromatic N) is 1. The molecular weight excluding hydrogens is 304 g/mol. The SMILES string of the molecule is Cc1ccc(C(CNC(=O)C2CCCC2O)N2CCOCC2)cc1. The van der Waals surface area contributed by atoms with Gasteiger partial charge in [-0.1, -0.05) is 29.8 Å². The standard InChI is InChI=1S/C19H28N2O3/c1-14-5-7-15(8-6-14)17(21-9-11-24-12-10-21)13-20-19(23)16-3-2-4-18(16)22/h5-8,16-18,22H,2-4,9-13H2,1H3,(H,20,23). The second kappa shape index (κ2) is 8.10. The lowest BCUT2D eigenvalue weighted by atomic mass is 10.0. The third-order valence-corrected chi connectivity index (χ3v) is 5.23. The van der Waals surface area contributed by atoms with E-state index in [2.05, 4.69) is 41.4 Å². The first-order valence-electron chi connectivity index (χ1n) is 8.99. The van der Waals surface area contributed by atoms with E-state index in [1.807, 2.05) is 0 Å². The van der Waals surface area contributed by atoms with Crippen LogP contribution in [0.3, 0.4) is 0 Å². The van der Waals surface area contributed by atoms with Gasteiger partial charge < -0.3 is 15.2 Å². The Morgan fingerprint density at radius 1 is 1.29 bits per heavy atom. The number of hydrogen-bond acceptors (Lipinski definition) is 4. The molecule has 1 aliphatic carbocycles. The maximum absolute atomic E-state index is 12.4. The van der Waals surface area contributed by atoms with Gasteiger partial charge in [0.05, 0.1) is 31.3 Å². The molecule has 1 aliphatic heterocycles. The van der Waals surface area contributed by atoms with E-state index in [4.69, 9.17) is 4.74 Å². The van der Waals surface area contributed by atoms with Gasteiger partial charge in [-0.2, -0.15) is 0 Å². The van der Waals surface area contributed by atoms with E-state index in [0.29, 0.717) is 6.54 Å². The highest BCUT2D eigenvalue weighted by Gasteiger charge is 2.32. The van der Waals surface area contributed by atoms with E-state index in [-0.39, 0.29) is 17.9 Å². The quantitative estimate of drug-likeness (QED) is 0.861. The lowest BCUT2D eigenvalue weighted by Crippen LogP contribution is -2.45. The molecule has 0 spiro atoms. The summed E-state index contributed by atoms with van der Waals surface area (Å²) in [4.78, 5) is 14.8. The molecule has 132 valence electrons. The minimum atomic E-state index is -0.480. The zero-order valence-corrected chi connectivity index (χ0v) is 14.4. The average Bonchev–Trinajstić information content (AvgIpc) is 3.03. The summed E-state index contributed by atoms with van der Waals surface area (Å²) in [6.07, 6.45) is 1.98. The Labute approximate surface area is 144 Å². The van der Waals surface area contributed by atoms with Crippen LogP contribution in [0.15, 0.2) is 24.3 Å². The Morgan fingerprint density at radius 3 is 2.62 bits per heavy atom. The summed E-state index contributed by atoms with van der Waals surface area (Å²) in [5.41, 5.74) is 2.45. The predicted molar refractivity (Wildman–Crippen MR) is 92.7 cm³/mol. The van der Waals surface area contributed by atoms with Crippen molar-refractivity contribution in [2.45, 2.75) is 38.3 Å². The number of amides is 1. The van der Waals surface area contributed by atoms with Crippen LogP contribution in [-0.4, -0.2) is 54.9 Å². The highest BCUT2D eigenvalue weighted by atomic mass is 16.5. The van der Waals surface area contributed by atoms with Crippen LogP contribution in [0.5, 0.6) is 0 Å². The minimum absolute atomic E-state index is 0.00892. The van der Waals surface area contributed by atoms with Gasteiger partial charge in [0.15, 0.2) is 0 Å². The van der Waals surface area contributed by atoms with E-state index in [1.54, 1.807) is 0 Å². The van der Waals surface area contributed by atoms with Gasteiger partial charge in [-0.05, 0) is 31.7 Å². The van der Waals surface area contributed by atoms with E-state index in [1.165, 1.54) is 11.1 Å². The zero-order valence-electron chi connectivity index (χ0n) is 14.4. The molecule has 2 N–H and O–H groups in total. The number of ether oxygens (including phenoxy) is 1. The average molecular weight is 332 g/mol. The van der Waals surface area contributed by atoms with Gasteiger partial charge in [0.1, 0.15) is 0 Å². The first-order valence-corrected chi connectivity index (χ1v) is 8.99. The van der Waals surface area contributed by atoms with Crippen LogP contribution in [-0.2, 0) is 9.53 Å². The Hall–Kier alpha value is -1.43. The number of aliphatic hydroxyl groups is 1. The lowest BCUT2D eigenvalue weighted by Gasteiger charge is -2.35. The summed E-state index contributed by atoms with van der Waals surface area (Å²) in [6, 6.07) is 8.67. The second-order valence-electron chi connectivity index (χ2n) is 6.92. The molecule has 0 aromatic heterocycles. The number of rotatable bonds is 5. The number of aliphatic hydroxyl groups excluding tert-OH is 1. The molecule has 1 saturated carbocycles. The smallest absolute Gasteiger partial charge is 0.225 e. The molecular formula is C19H28N2O3. The molecule has 1 amide bonds. The Balaban J connectivity index is 1.67. The van der Waals surface area contributed by atoms with Gasteiger partial charge in [0, 0.05) is 19.6 Å². The maximum atomic E-state index is 12.4. The van der Waals surface area contributed by atoms with Crippen molar-refractivity contribution in [3.05, 3.63) is 35.4 Å². The lowest BCUT2D eigenvalue weighted by molar-refractivity contribution is -0.127. The highest BCUT2D eigenvalue weighted by Crippen LogP contribution is 2.26. The van der Waals surface area contributed by atoms with Crippen molar-refractivity contribution in [3.8, 4) is 0 Å². The summed E-state index contributed by atoms with van der Waals surface area (Å²) in [7, 11) is 0. The van der Waals surface area contributed by atoms with E-state index in [0.717, 1.165) is 45.6 Å². The van der Waals surface area contributed by atoms with Gasteiger partial charge in [-0.15, -0.1) is 0 Å². The van der Waals surface area contributed by atoms with Crippen LogP contribution in [0.25, 0.3) is 0 Å². The van der Waals surface area contributed by atoms with Crippen LogP contribution < -0.4 is 5.32 Å². The second-order valence-corrected chi connectivity index (χ2v) is 6.92. The molecule has 2 aliphatic rings. The molecule has 1 saturated heterocycles. The number of benzene rings is 1. The number of morpholine rings is 1. The minimum Gasteiger partial charge on any atom is -0.392 e. The molecule has 3 rings (SSSR count). The number of hydrogen-bond donors (Lipinski definition) is 2. The number of aryl methyl sites for hydroxylation is 1.